The van der Waals surface area contributed by atoms with Gasteiger partial charge in [-0.25, -0.2) is 4.98 Å². The normalized spacial score (nSPS) is 18.0. The molecule has 1 aliphatic rings. The average molecular weight is 348 g/mol. The van der Waals surface area contributed by atoms with E-state index in [1.165, 1.54) is 0 Å². The second-order valence-electron chi connectivity index (χ2n) is 6.45. The van der Waals surface area contributed by atoms with Crippen LogP contribution in [0.25, 0.3) is 11.4 Å². The molecule has 2 heterocycles. The fraction of sp³-hybridized carbons (Fsp3) is 0.500. The molecular weight excluding hydrogens is 322 g/mol. The quantitative estimate of drug-likeness (QED) is 0.900. The summed E-state index contributed by atoms with van der Waals surface area (Å²) >= 11 is 6.68. The Balaban J connectivity index is 1.93. The standard InChI is InChI=1S/C18H26ClN5/c1-20-13-15(24-11-9-22(2)10-12-24)16-17(19)23(3)18(21-16)14-7-5-4-6-8-14/h4-8,15,20H,9-13H2,1-3H3. The van der Waals surface area contributed by atoms with Crippen molar-refractivity contribution in [2.75, 3.05) is 46.8 Å². The minimum absolute atomic E-state index is 0.194. The Morgan fingerprint density at radius 1 is 1.12 bits per heavy atom. The third-order valence-corrected chi connectivity index (χ3v) is 5.22. The minimum atomic E-state index is 0.194. The van der Waals surface area contributed by atoms with Gasteiger partial charge in [-0.05, 0) is 14.1 Å². The predicted molar refractivity (Wildman–Crippen MR) is 99.4 cm³/mol. The van der Waals surface area contributed by atoms with Crippen molar-refractivity contribution in [1.29, 1.82) is 0 Å². The number of benzene rings is 1. The first kappa shape index (κ1) is 17.4. The van der Waals surface area contributed by atoms with E-state index in [4.69, 9.17) is 16.6 Å². The van der Waals surface area contributed by atoms with E-state index >= 15 is 0 Å². The van der Waals surface area contributed by atoms with Gasteiger partial charge >= 0.3 is 0 Å². The van der Waals surface area contributed by atoms with Crippen LogP contribution in [-0.4, -0.2) is 66.2 Å². The summed E-state index contributed by atoms with van der Waals surface area (Å²) in [5.74, 6) is 0.922. The zero-order valence-corrected chi connectivity index (χ0v) is 15.4. The van der Waals surface area contributed by atoms with E-state index in [0.29, 0.717) is 0 Å². The van der Waals surface area contributed by atoms with Crippen LogP contribution in [0.15, 0.2) is 30.3 Å². The van der Waals surface area contributed by atoms with E-state index in [0.717, 1.165) is 55.0 Å². The summed E-state index contributed by atoms with van der Waals surface area (Å²) in [6, 6.07) is 10.4. The van der Waals surface area contributed by atoms with E-state index < -0.39 is 0 Å². The summed E-state index contributed by atoms with van der Waals surface area (Å²) in [5, 5.41) is 4.04. The molecule has 1 aromatic carbocycles. The monoisotopic (exact) mass is 347 g/mol. The Morgan fingerprint density at radius 3 is 2.42 bits per heavy atom. The lowest BCUT2D eigenvalue weighted by Crippen LogP contribution is -2.48. The number of hydrogen-bond acceptors (Lipinski definition) is 4. The zero-order chi connectivity index (χ0) is 17.1. The van der Waals surface area contributed by atoms with Crippen molar-refractivity contribution in [2.45, 2.75) is 6.04 Å². The third kappa shape index (κ3) is 3.49. The van der Waals surface area contributed by atoms with Crippen LogP contribution >= 0.6 is 11.6 Å². The lowest BCUT2D eigenvalue weighted by atomic mass is 10.1. The summed E-state index contributed by atoms with van der Waals surface area (Å²) < 4.78 is 1.99. The number of nitrogens with zero attached hydrogens (tertiary/aromatic N) is 4. The molecule has 24 heavy (non-hydrogen) atoms. The molecule has 3 rings (SSSR count). The van der Waals surface area contributed by atoms with Crippen molar-refractivity contribution in [1.82, 2.24) is 24.7 Å². The molecular formula is C18H26ClN5. The maximum atomic E-state index is 6.68. The van der Waals surface area contributed by atoms with Crippen molar-refractivity contribution in [3.63, 3.8) is 0 Å². The van der Waals surface area contributed by atoms with Gasteiger partial charge in [0.05, 0.1) is 11.7 Å². The molecule has 130 valence electrons. The highest BCUT2D eigenvalue weighted by Gasteiger charge is 2.29. The number of likely N-dealkylation sites (N-methyl/N-ethyl adjacent to an activating group) is 2. The van der Waals surface area contributed by atoms with Crippen LogP contribution < -0.4 is 5.32 Å². The van der Waals surface area contributed by atoms with Gasteiger partial charge in [0, 0.05) is 45.3 Å². The molecule has 0 spiro atoms. The second-order valence-corrected chi connectivity index (χ2v) is 6.81. The van der Waals surface area contributed by atoms with E-state index in [9.17, 15) is 0 Å². The van der Waals surface area contributed by atoms with Crippen LogP contribution in [0.2, 0.25) is 5.15 Å². The lowest BCUT2D eigenvalue weighted by Gasteiger charge is -2.37. The van der Waals surface area contributed by atoms with Crippen LogP contribution in [0, 0.1) is 0 Å². The van der Waals surface area contributed by atoms with Crippen LogP contribution in [0.1, 0.15) is 11.7 Å². The molecule has 1 N–H and O–H groups in total. The van der Waals surface area contributed by atoms with Crippen molar-refractivity contribution in [2.24, 2.45) is 7.05 Å². The predicted octanol–water partition coefficient (Wildman–Crippen LogP) is 2.25. The first-order chi connectivity index (χ1) is 11.6. The Kier molecular flexibility index (Phi) is 5.56. The number of hydrogen-bond donors (Lipinski definition) is 1. The first-order valence-electron chi connectivity index (χ1n) is 8.46. The number of imidazole rings is 1. The largest absolute Gasteiger partial charge is 0.318 e. The maximum Gasteiger partial charge on any atom is 0.141 e. The Morgan fingerprint density at radius 2 is 1.79 bits per heavy atom. The molecule has 1 fully saturated rings. The molecule has 1 aliphatic heterocycles. The molecule has 1 unspecified atom stereocenters. The van der Waals surface area contributed by atoms with Crippen LogP contribution in [0.5, 0.6) is 0 Å². The fourth-order valence-electron chi connectivity index (χ4n) is 3.28. The summed E-state index contributed by atoms with van der Waals surface area (Å²) in [6.07, 6.45) is 0. The van der Waals surface area contributed by atoms with Crippen LogP contribution in [-0.2, 0) is 7.05 Å². The summed E-state index contributed by atoms with van der Waals surface area (Å²) in [7, 11) is 6.14. The second kappa shape index (κ2) is 7.66. The number of rotatable bonds is 5. The Bertz CT molecular complexity index is 662. The fourth-order valence-corrected chi connectivity index (χ4v) is 3.53. The van der Waals surface area contributed by atoms with Gasteiger partial charge < -0.3 is 14.8 Å². The molecule has 1 aromatic heterocycles. The molecule has 0 saturated carbocycles. The lowest BCUT2D eigenvalue weighted by molar-refractivity contribution is 0.109. The molecule has 0 aliphatic carbocycles. The van der Waals surface area contributed by atoms with Crippen LogP contribution in [0.4, 0.5) is 0 Å². The minimum Gasteiger partial charge on any atom is -0.318 e. The van der Waals surface area contributed by atoms with E-state index in [1.54, 1.807) is 0 Å². The molecule has 0 bridgehead atoms. The molecule has 1 saturated heterocycles. The Hall–Kier alpha value is -1.40. The zero-order valence-electron chi connectivity index (χ0n) is 14.7. The molecule has 5 nitrogen and oxygen atoms in total. The number of nitrogens with one attached hydrogen (secondary N) is 1. The van der Waals surface area contributed by atoms with Crippen molar-refractivity contribution in [3.05, 3.63) is 41.2 Å². The smallest absolute Gasteiger partial charge is 0.141 e. The van der Waals surface area contributed by atoms with E-state index in [2.05, 4.69) is 34.3 Å². The number of aromatic nitrogens is 2. The third-order valence-electron chi connectivity index (χ3n) is 4.77. The van der Waals surface area contributed by atoms with Crippen molar-refractivity contribution in [3.8, 4) is 11.4 Å². The number of piperazine rings is 1. The van der Waals surface area contributed by atoms with Crippen LogP contribution in [0.3, 0.4) is 0 Å². The van der Waals surface area contributed by atoms with Gasteiger partial charge in [0.15, 0.2) is 0 Å². The highest BCUT2D eigenvalue weighted by molar-refractivity contribution is 6.30. The van der Waals surface area contributed by atoms with Gasteiger partial charge in [-0.2, -0.15) is 0 Å². The highest BCUT2D eigenvalue weighted by Crippen LogP contribution is 2.31. The number of halogens is 1. The van der Waals surface area contributed by atoms with Gasteiger partial charge in [0.25, 0.3) is 0 Å². The maximum absolute atomic E-state index is 6.68. The van der Waals surface area contributed by atoms with Crippen molar-refractivity contribution >= 4 is 11.6 Å². The highest BCUT2D eigenvalue weighted by atomic mass is 35.5. The van der Waals surface area contributed by atoms with Gasteiger partial charge in [-0.3, -0.25) is 4.90 Å². The molecule has 2 aromatic rings. The first-order valence-corrected chi connectivity index (χ1v) is 8.84. The Labute approximate surface area is 149 Å². The summed E-state index contributed by atoms with van der Waals surface area (Å²) in [4.78, 5) is 9.78. The molecule has 6 heteroatoms. The SMILES string of the molecule is CNCC(c1nc(-c2ccccc2)n(C)c1Cl)N1CCN(C)CC1. The summed E-state index contributed by atoms with van der Waals surface area (Å²) in [6.45, 7) is 5.08. The molecule has 0 radical (unpaired) electrons. The van der Waals surface area contributed by atoms with Gasteiger partial charge in [-0.1, -0.05) is 41.9 Å². The van der Waals surface area contributed by atoms with Gasteiger partial charge in [-0.15, -0.1) is 0 Å². The topological polar surface area (TPSA) is 36.3 Å². The van der Waals surface area contributed by atoms with Gasteiger partial charge in [0.2, 0.25) is 0 Å². The molecule has 1 atom stereocenters. The molecule has 0 amide bonds. The van der Waals surface area contributed by atoms with E-state index in [1.807, 2.05) is 36.9 Å². The van der Waals surface area contributed by atoms with Crippen molar-refractivity contribution < 1.29 is 0 Å². The van der Waals surface area contributed by atoms with Gasteiger partial charge in [0.1, 0.15) is 11.0 Å². The average Bonchev–Trinajstić information content (AvgIpc) is 2.90. The summed E-state index contributed by atoms with van der Waals surface area (Å²) in [5.41, 5.74) is 2.06. The van der Waals surface area contributed by atoms with E-state index in [-0.39, 0.29) is 6.04 Å².